The molecule has 1 atom stereocenters. The van der Waals surface area contributed by atoms with Crippen LogP contribution in [0.1, 0.15) is 49.5 Å². The number of nitrogens with zero attached hydrogens (tertiary/aromatic N) is 2. The highest BCUT2D eigenvalue weighted by Crippen LogP contribution is 2.50. The molecule has 7 heteroatoms. The van der Waals surface area contributed by atoms with Gasteiger partial charge in [-0.2, -0.15) is 5.26 Å². The standard InChI is InChI=1S/C24H24ClN3OS2/c1-3-16-12-17(24(31-16)30-4-2)21-18(13-26)23(27)28(15-10-8-14(25)9-11-15)19-6-5-7-20(29)22(19)21/h8-12,21H,3-7,27H2,1-2H3. The van der Waals surface area contributed by atoms with Crippen LogP contribution in [0.25, 0.3) is 0 Å². The predicted molar refractivity (Wildman–Crippen MR) is 129 cm³/mol. The maximum absolute atomic E-state index is 13.3. The lowest BCUT2D eigenvalue weighted by Gasteiger charge is -2.39. The quantitative estimate of drug-likeness (QED) is 0.514. The Kier molecular flexibility index (Phi) is 6.47. The summed E-state index contributed by atoms with van der Waals surface area (Å²) in [5.74, 6) is 1.05. The van der Waals surface area contributed by atoms with Gasteiger partial charge >= 0.3 is 0 Å². The van der Waals surface area contributed by atoms with Gasteiger partial charge in [-0.25, -0.2) is 0 Å². The van der Waals surface area contributed by atoms with Gasteiger partial charge < -0.3 is 5.73 Å². The average Bonchev–Trinajstić information content (AvgIpc) is 3.17. The second-order valence-corrected chi connectivity index (χ2v) is 10.6. The molecule has 2 aromatic rings. The van der Waals surface area contributed by atoms with E-state index in [1.165, 1.54) is 9.09 Å². The molecule has 4 rings (SSSR count). The molecule has 0 fully saturated rings. The summed E-state index contributed by atoms with van der Waals surface area (Å²) in [6.45, 7) is 4.25. The zero-order valence-electron chi connectivity index (χ0n) is 17.6. The number of Topliss-reactive ketones (excluding diaryl/α,β-unsaturated/α-hetero) is 1. The third-order valence-corrected chi connectivity index (χ3v) is 8.44. The number of benzene rings is 1. The van der Waals surface area contributed by atoms with E-state index in [0.717, 1.165) is 47.5 Å². The number of hydrogen-bond donors (Lipinski definition) is 1. The molecule has 0 radical (unpaired) electrons. The highest BCUT2D eigenvalue weighted by atomic mass is 35.5. The number of aryl methyl sites for hydroxylation is 1. The number of allylic oxidation sites excluding steroid dienone is 3. The van der Waals surface area contributed by atoms with Crippen LogP contribution in [0.5, 0.6) is 0 Å². The number of thiophene rings is 1. The summed E-state index contributed by atoms with van der Waals surface area (Å²) >= 11 is 9.62. The van der Waals surface area contributed by atoms with E-state index >= 15 is 0 Å². The summed E-state index contributed by atoms with van der Waals surface area (Å²) in [5, 5.41) is 10.8. The smallest absolute Gasteiger partial charge is 0.161 e. The van der Waals surface area contributed by atoms with E-state index in [2.05, 4.69) is 26.0 Å². The second kappa shape index (κ2) is 9.12. The molecule has 0 saturated heterocycles. The van der Waals surface area contributed by atoms with Crippen molar-refractivity contribution >= 4 is 46.2 Å². The van der Waals surface area contributed by atoms with Crippen LogP contribution in [0, 0.1) is 11.3 Å². The highest BCUT2D eigenvalue weighted by Gasteiger charge is 2.41. The van der Waals surface area contributed by atoms with Crippen molar-refractivity contribution in [3.05, 3.63) is 68.5 Å². The molecule has 2 N–H and O–H groups in total. The molecule has 1 aliphatic carbocycles. The fourth-order valence-electron chi connectivity index (χ4n) is 4.34. The van der Waals surface area contributed by atoms with Crippen LogP contribution >= 0.6 is 34.7 Å². The van der Waals surface area contributed by atoms with Crippen LogP contribution in [0.4, 0.5) is 5.69 Å². The number of hydrogen-bond acceptors (Lipinski definition) is 6. The maximum atomic E-state index is 13.3. The number of ketones is 1. The molecule has 0 saturated carbocycles. The summed E-state index contributed by atoms with van der Waals surface area (Å²) < 4.78 is 1.18. The molecule has 160 valence electrons. The maximum Gasteiger partial charge on any atom is 0.161 e. The number of carbonyl (C=O) groups excluding carboxylic acids is 1. The Morgan fingerprint density at radius 3 is 2.68 bits per heavy atom. The van der Waals surface area contributed by atoms with Crippen molar-refractivity contribution in [1.29, 1.82) is 5.26 Å². The molecule has 0 spiro atoms. The molecule has 0 amide bonds. The second-order valence-electron chi connectivity index (χ2n) is 7.53. The highest BCUT2D eigenvalue weighted by molar-refractivity contribution is 8.01. The molecule has 0 bridgehead atoms. The zero-order valence-corrected chi connectivity index (χ0v) is 20.0. The first-order chi connectivity index (χ1) is 15.0. The molecule has 2 heterocycles. The molecular formula is C24H24ClN3OS2. The Bertz CT molecular complexity index is 1120. The largest absolute Gasteiger partial charge is 0.384 e. The number of halogens is 1. The van der Waals surface area contributed by atoms with E-state index in [1.54, 1.807) is 35.2 Å². The number of rotatable bonds is 5. The molecular weight excluding hydrogens is 446 g/mol. The van der Waals surface area contributed by atoms with Crippen LogP contribution in [0.3, 0.4) is 0 Å². The lowest BCUT2D eigenvalue weighted by atomic mass is 9.76. The monoisotopic (exact) mass is 469 g/mol. The van der Waals surface area contributed by atoms with E-state index < -0.39 is 5.92 Å². The first kappa shape index (κ1) is 22.0. The van der Waals surface area contributed by atoms with Gasteiger partial charge in [0.25, 0.3) is 0 Å². The van der Waals surface area contributed by atoms with E-state index in [9.17, 15) is 10.1 Å². The molecule has 31 heavy (non-hydrogen) atoms. The van der Waals surface area contributed by atoms with Crippen LogP contribution in [0.15, 0.2) is 57.2 Å². The van der Waals surface area contributed by atoms with Crippen molar-refractivity contribution in [2.24, 2.45) is 5.73 Å². The Labute approximate surface area is 196 Å². The minimum absolute atomic E-state index is 0.113. The summed E-state index contributed by atoms with van der Waals surface area (Å²) in [7, 11) is 0. The minimum atomic E-state index is -0.401. The Balaban J connectivity index is 1.96. The number of anilines is 1. The van der Waals surface area contributed by atoms with Gasteiger partial charge in [-0.3, -0.25) is 9.69 Å². The number of nitriles is 1. The number of carbonyl (C=O) groups is 1. The van der Waals surface area contributed by atoms with Crippen LogP contribution in [-0.4, -0.2) is 11.5 Å². The van der Waals surface area contributed by atoms with Crippen molar-refractivity contribution < 1.29 is 4.79 Å². The van der Waals surface area contributed by atoms with Gasteiger partial charge in [0, 0.05) is 33.3 Å². The summed E-state index contributed by atoms with van der Waals surface area (Å²) in [6, 6.07) is 11.9. The first-order valence-corrected chi connectivity index (χ1v) is 12.6. The molecule has 4 nitrogen and oxygen atoms in total. The molecule has 1 aromatic carbocycles. The van der Waals surface area contributed by atoms with Crippen molar-refractivity contribution in [2.75, 3.05) is 10.7 Å². The Morgan fingerprint density at radius 2 is 2.03 bits per heavy atom. The molecule has 1 aromatic heterocycles. The van der Waals surface area contributed by atoms with Gasteiger partial charge in [0.1, 0.15) is 5.82 Å². The van der Waals surface area contributed by atoms with Gasteiger partial charge in [-0.15, -0.1) is 23.1 Å². The third-order valence-electron chi connectivity index (χ3n) is 5.71. The fourth-order valence-corrected chi connectivity index (χ4v) is 6.85. The normalized spacial score (nSPS) is 19.0. The number of thioether (sulfide) groups is 1. The predicted octanol–water partition coefficient (Wildman–Crippen LogP) is 6.38. The average molecular weight is 470 g/mol. The minimum Gasteiger partial charge on any atom is -0.384 e. The van der Waals surface area contributed by atoms with Gasteiger partial charge in [-0.05, 0) is 60.9 Å². The van der Waals surface area contributed by atoms with Crippen LogP contribution < -0.4 is 10.6 Å². The van der Waals surface area contributed by atoms with Gasteiger partial charge in [0.2, 0.25) is 0 Å². The van der Waals surface area contributed by atoms with E-state index in [1.807, 2.05) is 17.0 Å². The summed E-state index contributed by atoms with van der Waals surface area (Å²) in [6.07, 6.45) is 2.96. The molecule has 1 unspecified atom stereocenters. The lowest BCUT2D eigenvalue weighted by molar-refractivity contribution is -0.116. The topological polar surface area (TPSA) is 70.1 Å². The van der Waals surface area contributed by atoms with E-state index in [4.69, 9.17) is 17.3 Å². The number of nitrogens with two attached hydrogens (primary N) is 1. The first-order valence-electron chi connectivity index (χ1n) is 10.5. The Morgan fingerprint density at radius 1 is 1.29 bits per heavy atom. The lowest BCUT2D eigenvalue weighted by Crippen LogP contribution is -2.38. The molecule has 2 aliphatic rings. The van der Waals surface area contributed by atoms with Gasteiger partial charge in [0.15, 0.2) is 5.78 Å². The SMILES string of the molecule is CCSc1sc(CC)cc1C1C(C#N)=C(N)N(c2ccc(Cl)cc2)C2=C1C(=O)CCC2. The third kappa shape index (κ3) is 3.91. The Hall–Kier alpha value is -2.20. The summed E-state index contributed by atoms with van der Waals surface area (Å²) in [5.41, 5.74) is 10.6. The van der Waals surface area contributed by atoms with Crippen molar-refractivity contribution in [2.45, 2.75) is 49.7 Å². The van der Waals surface area contributed by atoms with Crippen LogP contribution in [-0.2, 0) is 11.2 Å². The van der Waals surface area contributed by atoms with Crippen molar-refractivity contribution in [3.8, 4) is 6.07 Å². The van der Waals surface area contributed by atoms with E-state index in [-0.39, 0.29) is 5.78 Å². The fraction of sp³-hybridized carbons (Fsp3) is 0.333. The summed E-state index contributed by atoms with van der Waals surface area (Å²) in [4.78, 5) is 16.4. The molecule has 1 aliphatic heterocycles. The van der Waals surface area contributed by atoms with Crippen LogP contribution in [0.2, 0.25) is 5.02 Å². The van der Waals surface area contributed by atoms with Gasteiger partial charge in [0.05, 0.1) is 21.8 Å². The van der Waals surface area contributed by atoms with E-state index in [0.29, 0.717) is 22.8 Å². The van der Waals surface area contributed by atoms with Crippen molar-refractivity contribution in [3.63, 3.8) is 0 Å². The van der Waals surface area contributed by atoms with Gasteiger partial charge in [-0.1, -0.05) is 25.4 Å². The van der Waals surface area contributed by atoms with Crippen molar-refractivity contribution in [1.82, 2.24) is 0 Å². The zero-order chi connectivity index (χ0) is 22.1.